The number of hydrogen-bond acceptors (Lipinski definition) is 1. The first-order chi connectivity index (χ1) is 8.47. The summed E-state index contributed by atoms with van der Waals surface area (Å²) in [5, 5.41) is 0. The lowest BCUT2D eigenvalue weighted by atomic mass is 9.87. The van der Waals surface area contributed by atoms with E-state index in [2.05, 4.69) is 63.0 Å². The van der Waals surface area contributed by atoms with Crippen LogP contribution in [0.2, 0.25) is 0 Å². The molecule has 0 amide bonds. The Balaban J connectivity index is 2.23. The Morgan fingerprint density at radius 2 is 1.67 bits per heavy atom. The Hall–Kier alpha value is -0.640. The first kappa shape index (κ1) is 13.8. The van der Waals surface area contributed by atoms with Crippen molar-refractivity contribution in [2.24, 2.45) is 5.73 Å². The number of hydrogen-bond donors (Lipinski definition) is 1. The second-order valence-electron chi connectivity index (χ2n) is 4.73. The zero-order valence-electron chi connectivity index (χ0n) is 10.2. The normalized spacial score (nSPS) is 14.2. The van der Waals surface area contributed by atoms with E-state index in [1.165, 1.54) is 5.56 Å². The van der Waals surface area contributed by atoms with Crippen molar-refractivity contribution in [1.29, 1.82) is 0 Å². The Labute approximate surface area is 125 Å². The lowest BCUT2D eigenvalue weighted by molar-refractivity contribution is 0.491. The number of benzene rings is 2. The van der Waals surface area contributed by atoms with Crippen molar-refractivity contribution in [1.82, 2.24) is 0 Å². The molecular formula is C15H15Br2N. The maximum atomic E-state index is 6.44. The molecular weight excluding hydrogens is 354 g/mol. The maximum Gasteiger partial charge on any atom is 0.0421 e. The molecule has 0 radical (unpaired) electrons. The minimum Gasteiger partial charge on any atom is -0.321 e. The third-order valence-corrected chi connectivity index (χ3v) is 3.99. The van der Waals surface area contributed by atoms with Crippen LogP contribution in [0.25, 0.3) is 0 Å². The van der Waals surface area contributed by atoms with E-state index in [0.29, 0.717) is 0 Å². The van der Waals surface area contributed by atoms with Gasteiger partial charge in [0.25, 0.3) is 0 Å². The second kappa shape index (κ2) is 5.55. The van der Waals surface area contributed by atoms with Crippen molar-refractivity contribution in [2.75, 3.05) is 0 Å². The van der Waals surface area contributed by atoms with Crippen molar-refractivity contribution >= 4 is 31.9 Å². The first-order valence-electron chi connectivity index (χ1n) is 5.77. The lowest BCUT2D eigenvalue weighted by Gasteiger charge is -2.25. The van der Waals surface area contributed by atoms with Gasteiger partial charge in [-0.25, -0.2) is 0 Å². The van der Waals surface area contributed by atoms with Crippen LogP contribution in [0.5, 0.6) is 0 Å². The molecule has 0 fully saturated rings. The van der Waals surface area contributed by atoms with Crippen LogP contribution in [-0.2, 0) is 12.0 Å². The fourth-order valence-corrected chi connectivity index (χ4v) is 2.71. The highest BCUT2D eigenvalue weighted by Crippen LogP contribution is 2.25. The molecule has 3 heteroatoms. The van der Waals surface area contributed by atoms with Crippen LogP contribution in [-0.4, -0.2) is 0 Å². The number of rotatable bonds is 3. The molecule has 0 aliphatic carbocycles. The van der Waals surface area contributed by atoms with Crippen LogP contribution in [0.1, 0.15) is 18.1 Å². The molecule has 0 saturated carbocycles. The van der Waals surface area contributed by atoms with Gasteiger partial charge in [-0.05, 0) is 48.7 Å². The van der Waals surface area contributed by atoms with Gasteiger partial charge in [0, 0.05) is 14.5 Å². The summed E-state index contributed by atoms with van der Waals surface area (Å²) in [5.74, 6) is 0. The molecule has 1 nitrogen and oxygen atoms in total. The molecule has 0 aromatic heterocycles. The van der Waals surface area contributed by atoms with Gasteiger partial charge in [-0.3, -0.25) is 0 Å². The van der Waals surface area contributed by atoms with E-state index in [4.69, 9.17) is 5.73 Å². The van der Waals surface area contributed by atoms with Crippen molar-refractivity contribution in [3.05, 3.63) is 68.6 Å². The van der Waals surface area contributed by atoms with Crippen LogP contribution < -0.4 is 5.73 Å². The molecule has 18 heavy (non-hydrogen) atoms. The van der Waals surface area contributed by atoms with Crippen molar-refractivity contribution in [3.8, 4) is 0 Å². The molecule has 94 valence electrons. The van der Waals surface area contributed by atoms with Gasteiger partial charge in [0.15, 0.2) is 0 Å². The standard InChI is InChI=1S/C15H15Br2N/c1-15(18,12-5-7-13(16)8-6-12)10-11-3-2-4-14(17)9-11/h2-9H,10,18H2,1H3. The van der Waals surface area contributed by atoms with E-state index in [1.807, 2.05) is 24.3 Å². The molecule has 0 saturated heterocycles. The smallest absolute Gasteiger partial charge is 0.0421 e. The second-order valence-corrected chi connectivity index (χ2v) is 6.56. The third kappa shape index (κ3) is 3.44. The summed E-state index contributed by atoms with van der Waals surface area (Å²) in [6.07, 6.45) is 0.814. The van der Waals surface area contributed by atoms with E-state index in [0.717, 1.165) is 20.9 Å². The van der Waals surface area contributed by atoms with Crippen molar-refractivity contribution < 1.29 is 0 Å². The van der Waals surface area contributed by atoms with Crippen LogP contribution in [0.15, 0.2) is 57.5 Å². The largest absolute Gasteiger partial charge is 0.321 e. The van der Waals surface area contributed by atoms with Crippen LogP contribution in [0.3, 0.4) is 0 Å². The molecule has 0 aliphatic rings. The summed E-state index contributed by atoms with van der Waals surface area (Å²) in [6, 6.07) is 16.5. The number of halogens is 2. The zero-order valence-corrected chi connectivity index (χ0v) is 13.3. The topological polar surface area (TPSA) is 26.0 Å². The summed E-state index contributed by atoms with van der Waals surface area (Å²) in [6.45, 7) is 2.07. The molecule has 2 N–H and O–H groups in total. The first-order valence-corrected chi connectivity index (χ1v) is 7.35. The number of nitrogens with two attached hydrogens (primary N) is 1. The van der Waals surface area contributed by atoms with Gasteiger partial charge in [0.1, 0.15) is 0 Å². The van der Waals surface area contributed by atoms with Crippen molar-refractivity contribution in [3.63, 3.8) is 0 Å². The molecule has 1 atom stereocenters. The van der Waals surface area contributed by atoms with E-state index >= 15 is 0 Å². The fraction of sp³-hybridized carbons (Fsp3) is 0.200. The molecule has 0 bridgehead atoms. The maximum absolute atomic E-state index is 6.44. The monoisotopic (exact) mass is 367 g/mol. The highest BCUT2D eigenvalue weighted by atomic mass is 79.9. The van der Waals surface area contributed by atoms with Gasteiger partial charge in [-0.2, -0.15) is 0 Å². The molecule has 0 aliphatic heterocycles. The van der Waals surface area contributed by atoms with Gasteiger partial charge in [-0.1, -0.05) is 56.1 Å². The quantitative estimate of drug-likeness (QED) is 0.839. The summed E-state index contributed by atoms with van der Waals surface area (Å²) in [7, 11) is 0. The average Bonchev–Trinajstić information content (AvgIpc) is 2.29. The molecule has 2 aromatic carbocycles. The summed E-state index contributed by atoms with van der Waals surface area (Å²) >= 11 is 6.93. The summed E-state index contributed by atoms with van der Waals surface area (Å²) in [5.41, 5.74) is 8.46. The van der Waals surface area contributed by atoms with E-state index in [-0.39, 0.29) is 5.54 Å². The summed E-state index contributed by atoms with van der Waals surface area (Å²) in [4.78, 5) is 0. The minimum atomic E-state index is -0.360. The Bertz CT molecular complexity index is 532. The zero-order chi connectivity index (χ0) is 13.2. The van der Waals surface area contributed by atoms with Crippen LogP contribution >= 0.6 is 31.9 Å². The summed E-state index contributed by atoms with van der Waals surface area (Å²) < 4.78 is 2.16. The van der Waals surface area contributed by atoms with E-state index in [1.54, 1.807) is 0 Å². The Kier molecular flexibility index (Phi) is 4.25. The fourth-order valence-electron chi connectivity index (χ4n) is 2.00. The highest BCUT2D eigenvalue weighted by molar-refractivity contribution is 9.10. The van der Waals surface area contributed by atoms with Gasteiger partial charge in [0.05, 0.1) is 0 Å². The molecule has 0 heterocycles. The highest BCUT2D eigenvalue weighted by Gasteiger charge is 2.21. The average molecular weight is 369 g/mol. The molecule has 1 unspecified atom stereocenters. The SMILES string of the molecule is CC(N)(Cc1cccc(Br)c1)c1ccc(Br)cc1. The van der Waals surface area contributed by atoms with Gasteiger partial charge in [-0.15, -0.1) is 0 Å². The van der Waals surface area contributed by atoms with Gasteiger partial charge >= 0.3 is 0 Å². The van der Waals surface area contributed by atoms with Gasteiger partial charge < -0.3 is 5.73 Å². The predicted octanol–water partition coefficient (Wildman–Crippen LogP) is 4.63. The Morgan fingerprint density at radius 3 is 2.28 bits per heavy atom. The van der Waals surface area contributed by atoms with Crippen molar-refractivity contribution in [2.45, 2.75) is 18.9 Å². The molecule has 2 rings (SSSR count). The minimum absolute atomic E-state index is 0.360. The molecule has 2 aromatic rings. The predicted molar refractivity (Wildman–Crippen MR) is 83.5 cm³/mol. The third-order valence-electron chi connectivity index (χ3n) is 2.96. The lowest BCUT2D eigenvalue weighted by Crippen LogP contribution is -2.35. The van der Waals surface area contributed by atoms with Crippen LogP contribution in [0, 0.1) is 0 Å². The Morgan fingerprint density at radius 1 is 1.00 bits per heavy atom. The van der Waals surface area contributed by atoms with Crippen LogP contribution in [0.4, 0.5) is 0 Å². The molecule has 0 spiro atoms. The van der Waals surface area contributed by atoms with E-state index < -0.39 is 0 Å². The van der Waals surface area contributed by atoms with Gasteiger partial charge in [0.2, 0.25) is 0 Å². The van der Waals surface area contributed by atoms with E-state index in [9.17, 15) is 0 Å².